The van der Waals surface area contributed by atoms with Gasteiger partial charge in [-0.05, 0) is 35.7 Å². The number of ketones is 1. The number of H-pyrrole nitrogens is 1. The molecule has 262 valence electrons. The minimum Gasteiger partial charge on any atom is -0.404 e. The molecule has 5 rings (SSSR count). The second-order valence-corrected chi connectivity index (χ2v) is 13.0. The zero-order valence-electron chi connectivity index (χ0n) is 27.4. The summed E-state index contributed by atoms with van der Waals surface area (Å²) in [5.41, 5.74) is 3.40. The van der Waals surface area contributed by atoms with Crippen molar-refractivity contribution >= 4 is 42.4 Å². The molecule has 1 aromatic heterocycles. The highest BCUT2D eigenvalue weighted by molar-refractivity contribution is 7.46. The molecule has 0 bridgehead atoms. The fraction of sp³-hybridized carbons (Fsp3) is 0.257. The summed E-state index contributed by atoms with van der Waals surface area (Å²) < 4.78 is 16.0. The lowest BCUT2D eigenvalue weighted by molar-refractivity contribution is -0.156. The van der Waals surface area contributed by atoms with Gasteiger partial charge in [-0.3, -0.25) is 24.2 Å². The first-order valence-corrected chi connectivity index (χ1v) is 17.4. The van der Waals surface area contributed by atoms with Crippen molar-refractivity contribution in [2.45, 2.75) is 38.6 Å². The molecule has 0 aliphatic carbocycles. The van der Waals surface area contributed by atoms with Crippen LogP contribution in [0.4, 0.5) is 4.79 Å². The van der Waals surface area contributed by atoms with Crippen LogP contribution in [0.3, 0.4) is 0 Å². The van der Waals surface area contributed by atoms with E-state index < -0.39 is 32.0 Å². The number of phosphoric ester groups is 1. The van der Waals surface area contributed by atoms with Crippen molar-refractivity contribution in [3.8, 4) is 5.75 Å². The highest BCUT2D eigenvalue weighted by atomic mass is 31.2. The number of hydrogen-bond donors (Lipinski definition) is 6. The second-order valence-electron chi connectivity index (χ2n) is 11.8. The first-order valence-electron chi connectivity index (χ1n) is 15.9. The van der Waals surface area contributed by atoms with Crippen LogP contribution in [0.25, 0.3) is 10.9 Å². The van der Waals surface area contributed by atoms with E-state index in [1.54, 1.807) is 35.4 Å². The van der Waals surface area contributed by atoms with Crippen molar-refractivity contribution in [1.29, 1.82) is 0 Å². The van der Waals surface area contributed by atoms with Gasteiger partial charge >= 0.3 is 13.9 Å². The summed E-state index contributed by atoms with van der Waals surface area (Å²) in [6.07, 6.45) is 2.30. The normalized spacial score (nSPS) is 16.3. The van der Waals surface area contributed by atoms with Gasteiger partial charge in [0.2, 0.25) is 11.8 Å². The Labute approximate surface area is 288 Å². The predicted octanol–water partition coefficient (Wildman–Crippen LogP) is 3.23. The van der Waals surface area contributed by atoms with Gasteiger partial charge in [-0.2, -0.15) is 0 Å². The van der Waals surface area contributed by atoms with Crippen molar-refractivity contribution in [2.24, 2.45) is 0 Å². The standard InChI is InChI=1S/C35H39N6O8P/c1-3-16-36-20-32(43)41-30(17-24-12-14-27(15-13-24)49-50(46,47)48)34(44)40(21-26-10-7-11-28-29(23(2)42)19-37-33(26)28)22-31(41)39-35(45)38-18-25-8-5-4-6-9-25/h3-15,19,30-31,36-37H,1,16-18,20-22H2,2H3,(H2,38,39,45)(H2,46,47,48)/t30-,31+/m0/s1. The molecule has 1 aliphatic heterocycles. The van der Waals surface area contributed by atoms with Gasteiger partial charge < -0.3 is 35.3 Å². The molecule has 1 aliphatic rings. The number of fused-ring (bicyclic) bond motifs is 1. The summed E-state index contributed by atoms with van der Waals surface area (Å²) in [7, 11) is -4.79. The summed E-state index contributed by atoms with van der Waals surface area (Å²) in [4.78, 5) is 78.3. The molecular weight excluding hydrogens is 663 g/mol. The lowest BCUT2D eigenvalue weighted by Crippen LogP contribution is -2.69. The molecular formula is C35H39N6O8P. The lowest BCUT2D eigenvalue weighted by Gasteiger charge is -2.46. The van der Waals surface area contributed by atoms with Crippen LogP contribution >= 0.6 is 7.82 Å². The Morgan fingerprint density at radius 1 is 1.04 bits per heavy atom. The summed E-state index contributed by atoms with van der Waals surface area (Å²) in [5, 5.41) is 9.43. The number of piperazine rings is 1. The Morgan fingerprint density at radius 2 is 1.78 bits per heavy atom. The number of nitrogens with one attached hydrogen (secondary N) is 4. The molecule has 0 spiro atoms. The SMILES string of the molecule is C=CCNCC(=O)N1[C@@H](NC(=O)NCc2ccccc2)CN(Cc2cccc3c(C(C)=O)c[nH]c23)C(=O)[C@@H]1Cc1ccc(OP(=O)(O)O)cc1. The van der Waals surface area contributed by atoms with E-state index in [2.05, 4.69) is 32.0 Å². The van der Waals surface area contributed by atoms with Gasteiger partial charge in [0.05, 0.1) is 18.6 Å². The van der Waals surface area contributed by atoms with Crippen LogP contribution in [-0.2, 0) is 33.7 Å². The third-order valence-electron chi connectivity index (χ3n) is 8.23. The van der Waals surface area contributed by atoms with E-state index in [1.807, 2.05) is 42.5 Å². The number of hydrogen-bond acceptors (Lipinski definition) is 7. The fourth-order valence-electron chi connectivity index (χ4n) is 5.97. The molecule has 1 fully saturated rings. The summed E-state index contributed by atoms with van der Waals surface area (Å²) in [6.45, 7) is 5.66. The van der Waals surface area contributed by atoms with E-state index in [-0.39, 0.29) is 50.0 Å². The molecule has 0 radical (unpaired) electrons. The van der Waals surface area contributed by atoms with Gasteiger partial charge in [0.25, 0.3) is 0 Å². The first kappa shape index (κ1) is 36.0. The second kappa shape index (κ2) is 16.0. The van der Waals surface area contributed by atoms with Crippen LogP contribution in [0, 0.1) is 0 Å². The number of Topliss-reactive ketones (excluding diaryl/α,β-unsaturated/α-hetero) is 1. The number of benzene rings is 3. The minimum atomic E-state index is -4.79. The van der Waals surface area contributed by atoms with Gasteiger partial charge in [0.1, 0.15) is 18.0 Å². The highest BCUT2D eigenvalue weighted by Gasteiger charge is 2.43. The fourth-order valence-corrected chi connectivity index (χ4v) is 6.37. The topological polar surface area (TPSA) is 193 Å². The maximum atomic E-state index is 14.4. The van der Waals surface area contributed by atoms with Crippen LogP contribution < -0.4 is 20.5 Å². The van der Waals surface area contributed by atoms with Gasteiger partial charge in [0, 0.05) is 43.2 Å². The summed E-state index contributed by atoms with van der Waals surface area (Å²) in [6, 6.07) is 19.0. The number of phosphoric acid groups is 1. The average molecular weight is 703 g/mol. The maximum absolute atomic E-state index is 14.4. The van der Waals surface area contributed by atoms with E-state index in [0.717, 1.165) is 11.1 Å². The molecule has 14 nitrogen and oxygen atoms in total. The Morgan fingerprint density at radius 3 is 2.46 bits per heavy atom. The number of aromatic amines is 1. The van der Waals surface area contributed by atoms with E-state index in [1.165, 1.54) is 24.0 Å². The van der Waals surface area contributed by atoms with Crippen molar-refractivity contribution < 1.29 is 38.1 Å². The number of aromatic nitrogens is 1. The van der Waals surface area contributed by atoms with E-state index in [9.17, 15) is 33.5 Å². The molecule has 1 saturated heterocycles. The van der Waals surface area contributed by atoms with Crippen LogP contribution in [0.15, 0.2) is 91.6 Å². The largest absolute Gasteiger partial charge is 0.524 e. The molecule has 15 heteroatoms. The van der Waals surface area contributed by atoms with Gasteiger partial charge in [-0.15, -0.1) is 6.58 Å². The number of carbonyl (C=O) groups excluding carboxylic acids is 4. The lowest BCUT2D eigenvalue weighted by atomic mass is 9.98. The predicted molar refractivity (Wildman–Crippen MR) is 186 cm³/mol. The van der Waals surface area contributed by atoms with Crippen molar-refractivity contribution in [3.63, 3.8) is 0 Å². The van der Waals surface area contributed by atoms with E-state index in [4.69, 9.17) is 0 Å². The monoisotopic (exact) mass is 702 g/mol. The van der Waals surface area contributed by atoms with Crippen LogP contribution in [0.2, 0.25) is 0 Å². The molecule has 4 amide bonds. The zero-order chi connectivity index (χ0) is 35.8. The van der Waals surface area contributed by atoms with Crippen molar-refractivity contribution in [1.82, 2.24) is 30.7 Å². The molecule has 0 saturated carbocycles. The quantitative estimate of drug-likeness (QED) is 0.0495. The third kappa shape index (κ3) is 9.04. The Balaban J connectivity index is 1.48. The Kier molecular flexibility index (Phi) is 11.5. The maximum Gasteiger partial charge on any atom is 0.524 e. The molecule has 2 atom stereocenters. The van der Waals surface area contributed by atoms with E-state index in [0.29, 0.717) is 28.6 Å². The van der Waals surface area contributed by atoms with Crippen LogP contribution in [0.1, 0.15) is 34.0 Å². The summed E-state index contributed by atoms with van der Waals surface area (Å²) in [5.74, 6) is -0.989. The van der Waals surface area contributed by atoms with Crippen LogP contribution in [-0.4, -0.2) is 80.0 Å². The minimum absolute atomic E-state index is 0.0176. The molecule has 3 aromatic carbocycles. The third-order valence-corrected chi connectivity index (χ3v) is 8.68. The zero-order valence-corrected chi connectivity index (χ0v) is 28.3. The molecule has 50 heavy (non-hydrogen) atoms. The smallest absolute Gasteiger partial charge is 0.404 e. The number of urea groups is 1. The average Bonchev–Trinajstić information content (AvgIpc) is 3.52. The number of carbonyl (C=O) groups is 4. The van der Waals surface area contributed by atoms with Crippen molar-refractivity contribution in [3.05, 3.63) is 114 Å². The number of para-hydroxylation sites is 1. The highest BCUT2D eigenvalue weighted by Crippen LogP contribution is 2.37. The van der Waals surface area contributed by atoms with Gasteiger partial charge in [0.15, 0.2) is 5.78 Å². The number of nitrogens with zero attached hydrogens (tertiary/aromatic N) is 2. The summed E-state index contributed by atoms with van der Waals surface area (Å²) >= 11 is 0. The molecule has 2 heterocycles. The Bertz CT molecular complexity index is 1910. The van der Waals surface area contributed by atoms with Crippen molar-refractivity contribution in [2.75, 3.05) is 19.6 Å². The van der Waals surface area contributed by atoms with Gasteiger partial charge in [-0.25, -0.2) is 9.36 Å². The first-order chi connectivity index (χ1) is 23.9. The molecule has 0 unspecified atom stereocenters. The Hall–Kier alpha value is -5.27. The van der Waals surface area contributed by atoms with Gasteiger partial charge in [-0.1, -0.05) is 66.7 Å². The van der Waals surface area contributed by atoms with Crippen LogP contribution in [0.5, 0.6) is 5.75 Å². The number of rotatable bonds is 14. The molecule has 6 N–H and O–H groups in total. The number of amides is 4. The van der Waals surface area contributed by atoms with E-state index >= 15 is 0 Å². The molecule has 4 aromatic rings.